The van der Waals surface area contributed by atoms with Gasteiger partial charge in [0.1, 0.15) is 0 Å². The predicted molar refractivity (Wildman–Crippen MR) is 81.5 cm³/mol. The first-order chi connectivity index (χ1) is 8.56. The molecule has 1 nitrogen and oxygen atoms in total. The summed E-state index contributed by atoms with van der Waals surface area (Å²) in [5, 5.41) is 3.22. The van der Waals surface area contributed by atoms with Gasteiger partial charge in [-0.1, -0.05) is 45.9 Å². The van der Waals surface area contributed by atoms with Gasteiger partial charge < -0.3 is 5.32 Å². The number of hydrogen-bond donors (Lipinski definition) is 1. The Morgan fingerprint density at radius 3 is 2.28 bits per heavy atom. The molecule has 1 rings (SSSR count). The van der Waals surface area contributed by atoms with Gasteiger partial charge in [-0.2, -0.15) is 0 Å². The number of rotatable bonds is 7. The van der Waals surface area contributed by atoms with Gasteiger partial charge in [-0.15, -0.1) is 0 Å². The van der Waals surface area contributed by atoms with E-state index < -0.39 is 0 Å². The van der Waals surface area contributed by atoms with Crippen LogP contribution in [0.15, 0.2) is 18.2 Å². The molecule has 1 aromatic carbocycles. The predicted octanol–water partition coefficient (Wildman–Crippen LogP) is 4.48. The van der Waals surface area contributed by atoms with Crippen LogP contribution in [0.4, 0.5) is 0 Å². The van der Waals surface area contributed by atoms with E-state index in [1.165, 1.54) is 24.8 Å². The first kappa shape index (κ1) is 15.2. The van der Waals surface area contributed by atoms with E-state index >= 15 is 0 Å². The quantitative estimate of drug-likeness (QED) is 0.701. The molecule has 18 heavy (non-hydrogen) atoms. The molecule has 1 heteroatoms. The Labute approximate surface area is 113 Å². The van der Waals surface area contributed by atoms with Gasteiger partial charge in [0.15, 0.2) is 0 Å². The molecular weight excluding hydrogens is 218 g/mol. The van der Waals surface area contributed by atoms with Crippen molar-refractivity contribution in [1.29, 1.82) is 0 Å². The zero-order valence-electron chi connectivity index (χ0n) is 12.7. The summed E-state index contributed by atoms with van der Waals surface area (Å²) in [5.41, 5.74) is 4.56. The molecule has 0 bridgehead atoms. The Kier molecular flexibility index (Phi) is 6.42. The lowest BCUT2D eigenvalue weighted by Crippen LogP contribution is -2.08. The molecule has 0 atom stereocenters. The molecule has 0 heterocycles. The molecule has 0 aromatic heterocycles. The van der Waals surface area contributed by atoms with Crippen LogP contribution in [-0.2, 0) is 6.42 Å². The average Bonchev–Trinajstić information content (AvgIpc) is 2.34. The monoisotopic (exact) mass is 247 g/mol. The Hall–Kier alpha value is -0.820. The summed E-state index contributed by atoms with van der Waals surface area (Å²) in [6.07, 6.45) is 3.76. The lowest BCUT2D eigenvalue weighted by molar-refractivity contribution is 0.671. The Morgan fingerprint density at radius 2 is 1.72 bits per heavy atom. The van der Waals surface area contributed by atoms with Crippen LogP contribution in [-0.4, -0.2) is 13.6 Å². The molecule has 0 aliphatic carbocycles. The Balaban J connectivity index is 2.77. The number of unbranched alkanes of at least 4 members (excludes halogenated alkanes) is 1. The molecule has 0 radical (unpaired) electrons. The third-order valence-corrected chi connectivity index (χ3v) is 3.58. The second-order valence-corrected chi connectivity index (χ2v) is 5.83. The summed E-state index contributed by atoms with van der Waals surface area (Å²) in [7, 11) is 2.02. The van der Waals surface area contributed by atoms with Crippen molar-refractivity contribution in [1.82, 2.24) is 5.32 Å². The minimum Gasteiger partial charge on any atom is -0.320 e. The van der Waals surface area contributed by atoms with E-state index in [-0.39, 0.29) is 0 Å². The van der Waals surface area contributed by atoms with Gasteiger partial charge in [0, 0.05) is 0 Å². The van der Waals surface area contributed by atoms with E-state index in [0.717, 1.165) is 6.54 Å². The Bertz CT molecular complexity index is 353. The van der Waals surface area contributed by atoms with Crippen LogP contribution in [0.1, 0.15) is 69.1 Å². The second-order valence-electron chi connectivity index (χ2n) is 5.83. The van der Waals surface area contributed by atoms with E-state index in [9.17, 15) is 0 Å². The summed E-state index contributed by atoms with van der Waals surface area (Å²) in [4.78, 5) is 0. The van der Waals surface area contributed by atoms with Crippen LogP contribution in [0.5, 0.6) is 0 Å². The molecule has 1 aromatic rings. The van der Waals surface area contributed by atoms with Crippen molar-refractivity contribution < 1.29 is 0 Å². The third kappa shape index (κ3) is 4.45. The van der Waals surface area contributed by atoms with E-state index in [1.807, 2.05) is 7.05 Å². The highest BCUT2D eigenvalue weighted by atomic mass is 14.8. The number of nitrogens with one attached hydrogen (secondary N) is 1. The normalized spacial score (nSPS) is 11.5. The van der Waals surface area contributed by atoms with Crippen LogP contribution in [0.25, 0.3) is 0 Å². The smallest absolute Gasteiger partial charge is 0.00518 e. The number of hydrogen-bond acceptors (Lipinski definition) is 1. The Morgan fingerprint density at radius 1 is 1.00 bits per heavy atom. The van der Waals surface area contributed by atoms with Crippen molar-refractivity contribution in [3.8, 4) is 0 Å². The first-order valence-corrected chi connectivity index (χ1v) is 7.33. The van der Waals surface area contributed by atoms with Crippen LogP contribution in [0.3, 0.4) is 0 Å². The van der Waals surface area contributed by atoms with Crippen molar-refractivity contribution in [3.05, 3.63) is 34.9 Å². The van der Waals surface area contributed by atoms with E-state index in [4.69, 9.17) is 0 Å². The van der Waals surface area contributed by atoms with Gasteiger partial charge in [-0.05, 0) is 61.4 Å². The maximum Gasteiger partial charge on any atom is -0.00518 e. The zero-order valence-corrected chi connectivity index (χ0v) is 12.7. The highest BCUT2D eigenvalue weighted by molar-refractivity contribution is 5.35. The molecule has 1 N–H and O–H groups in total. The van der Waals surface area contributed by atoms with Crippen molar-refractivity contribution in [2.45, 2.75) is 58.8 Å². The van der Waals surface area contributed by atoms with E-state index in [1.54, 1.807) is 11.1 Å². The summed E-state index contributed by atoms with van der Waals surface area (Å²) in [6, 6.07) is 7.08. The maximum atomic E-state index is 3.22. The van der Waals surface area contributed by atoms with E-state index in [2.05, 4.69) is 51.2 Å². The molecule has 0 unspecified atom stereocenters. The van der Waals surface area contributed by atoms with Crippen molar-refractivity contribution in [2.75, 3.05) is 13.6 Å². The van der Waals surface area contributed by atoms with Crippen LogP contribution in [0.2, 0.25) is 0 Å². The summed E-state index contributed by atoms with van der Waals surface area (Å²) in [6.45, 7) is 10.3. The van der Waals surface area contributed by atoms with Gasteiger partial charge in [0.2, 0.25) is 0 Å². The number of aryl methyl sites for hydroxylation is 1. The fourth-order valence-corrected chi connectivity index (χ4v) is 2.35. The lowest BCUT2D eigenvalue weighted by Gasteiger charge is -2.16. The van der Waals surface area contributed by atoms with Gasteiger partial charge in [-0.25, -0.2) is 0 Å². The minimum atomic E-state index is 0.626. The van der Waals surface area contributed by atoms with Crippen LogP contribution < -0.4 is 5.32 Å². The largest absolute Gasteiger partial charge is 0.320 e. The van der Waals surface area contributed by atoms with Crippen molar-refractivity contribution in [3.63, 3.8) is 0 Å². The lowest BCUT2D eigenvalue weighted by atomic mass is 9.89. The molecule has 0 amide bonds. The zero-order chi connectivity index (χ0) is 13.5. The fraction of sp³-hybridized carbons (Fsp3) is 0.647. The maximum absolute atomic E-state index is 3.22. The van der Waals surface area contributed by atoms with Crippen LogP contribution in [0, 0.1) is 0 Å². The average molecular weight is 247 g/mol. The van der Waals surface area contributed by atoms with Gasteiger partial charge in [0.05, 0.1) is 0 Å². The SMILES string of the molecule is CNCCCCc1ccc(C(C)C)cc1C(C)C. The highest BCUT2D eigenvalue weighted by Gasteiger charge is 2.09. The second kappa shape index (κ2) is 7.58. The minimum absolute atomic E-state index is 0.626. The van der Waals surface area contributed by atoms with Crippen LogP contribution >= 0.6 is 0 Å². The summed E-state index contributed by atoms with van der Waals surface area (Å²) in [5.74, 6) is 1.25. The molecule has 0 aliphatic rings. The summed E-state index contributed by atoms with van der Waals surface area (Å²) >= 11 is 0. The van der Waals surface area contributed by atoms with E-state index in [0.29, 0.717) is 11.8 Å². The molecule has 0 fully saturated rings. The third-order valence-electron chi connectivity index (χ3n) is 3.58. The highest BCUT2D eigenvalue weighted by Crippen LogP contribution is 2.25. The molecule has 0 saturated carbocycles. The fourth-order valence-electron chi connectivity index (χ4n) is 2.35. The van der Waals surface area contributed by atoms with Gasteiger partial charge >= 0.3 is 0 Å². The molecule has 0 spiro atoms. The summed E-state index contributed by atoms with van der Waals surface area (Å²) < 4.78 is 0. The molecule has 102 valence electrons. The van der Waals surface area contributed by atoms with Crippen molar-refractivity contribution in [2.24, 2.45) is 0 Å². The van der Waals surface area contributed by atoms with Gasteiger partial charge in [-0.3, -0.25) is 0 Å². The first-order valence-electron chi connectivity index (χ1n) is 7.33. The van der Waals surface area contributed by atoms with Crippen molar-refractivity contribution >= 4 is 0 Å². The molecule has 0 saturated heterocycles. The number of benzene rings is 1. The molecule has 0 aliphatic heterocycles. The topological polar surface area (TPSA) is 12.0 Å². The molecular formula is C17H29N. The van der Waals surface area contributed by atoms with Gasteiger partial charge in [0.25, 0.3) is 0 Å². The standard InChI is InChI=1S/C17H29N/c1-13(2)16-10-9-15(8-6-7-11-18-5)17(12-16)14(3)4/h9-10,12-14,18H,6-8,11H2,1-5H3.